The fourth-order valence-electron chi connectivity index (χ4n) is 3.99. The quantitative estimate of drug-likeness (QED) is 0.533. The number of benzene rings is 2. The smallest absolute Gasteiger partial charge is 0.270 e. The Hall–Kier alpha value is -2.99. The van der Waals surface area contributed by atoms with Crippen LogP contribution >= 0.6 is 0 Å². The molecule has 0 radical (unpaired) electrons. The average Bonchev–Trinajstić information content (AvgIpc) is 3.21. The first kappa shape index (κ1) is 21.2. The van der Waals surface area contributed by atoms with Crippen molar-refractivity contribution in [2.24, 2.45) is 0 Å². The molecule has 0 bridgehead atoms. The lowest BCUT2D eigenvalue weighted by Crippen LogP contribution is -2.29. The molecule has 1 aliphatic heterocycles. The summed E-state index contributed by atoms with van der Waals surface area (Å²) >= 11 is 0. The molecule has 1 N–H and O–H groups in total. The van der Waals surface area contributed by atoms with Gasteiger partial charge in [-0.15, -0.1) is 0 Å². The number of amides is 1. The Balaban J connectivity index is 0.00000289. The Morgan fingerprint density at radius 3 is 2.81 bits per heavy atom. The number of rotatable bonds is 8. The van der Waals surface area contributed by atoms with Gasteiger partial charge in [0.25, 0.3) is 5.91 Å². The molecule has 1 fully saturated rings. The number of nitrogens with one attached hydrogen (secondary N) is 1. The molecule has 5 nitrogen and oxygen atoms in total. The molecule has 164 valence electrons. The summed E-state index contributed by atoms with van der Waals surface area (Å²) in [6.45, 7) is 5.20. The van der Waals surface area contributed by atoms with Crippen LogP contribution in [0, 0.1) is 0 Å². The van der Waals surface area contributed by atoms with E-state index in [4.69, 9.17) is 9.72 Å². The third kappa shape index (κ3) is 5.20. The van der Waals surface area contributed by atoms with Crippen LogP contribution in [0.1, 0.15) is 31.7 Å². The van der Waals surface area contributed by atoms with E-state index in [1.807, 2.05) is 61.5 Å². The van der Waals surface area contributed by atoms with Gasteiger partial charge in [0, 0.05) is 32.0 Å². The predicted molar refractivity (Wildman–Crippen MR) is 123 cm³/mol. The summed E-state index contributed by atoms with van der Waals surface area (Å²) < 4.78 is 18.8. The molecule has 2 heterocycles. The number of hydrogen-bond donors (Lipinski definition) is 1. The second-order valence-corrected chi connectivity index (χ2v) is 7.83. The van der Waals surface area contributed by atoms with Gasteiger partial charge in [0.1, 0.15) is 17.6 Å². The van der Waals surface area contributed by atoms with Gasteiger partial charge in [0.2, 0.25) is 0 Å². The van der Waals surface area contributed by atoms with Gasteiger partial charge in [-0.3, -0.25) is 4.79 Å². The number of carbonyl (C=O) groups excluding carboxylic acids is 1. The molecule has 1 aromatic heterocycles. The summed E-state index contributed by atoms with van der Waals surface area (Å²) in [4.78, 5) is 19.8. The number of ether oxygens (including phenoxy) is 1. The third-order valence-electron chi connectivity index (χ3n) is 5.57. The van der Waals surface area contributed by atoms with Crippen LogP contribution in [0.5, 0.6) is 5.75 Å². The summed E-state index contributed by atoms with van der Waals surface area (Å²) in [6.07, 6.45) is 0.686. The molecule has 3 aromatic rings. The third-order valence-corrected chi connectivity index (χ3v) is 5.57. The summed E-state index contributed by atoms with van der Waals surface area (Å²) in [5.41, 5.74) is 2.10. The van der Waals surface area contributed by atoms with Crippen molar-refractivity contribution in [2.75, 3.05) is 32.8 Å². The maximum absolute atomic E-state index is 13.3. The van der Waals surface area contributed by atoms with Gasteiger partial charge >= 0.3 is 0 Å². The molecule has 31 heavy (non-hydrogen) atoms. The lowest BCUT2D eigenvalue weighted by Gasteiger charge is -2.15. The van der Waals surface area contributed by atoms with Crippen molar-refractivity contribution < 1.29 is 15.3 Å². The molecule has 0 unspecified atom stereocenters. The Morgan fingerprint density at radius 2 is 2.06 bits per heavy atom. The van der Waals surface area contributed by atoms with Gasteiger partial charge in [0.05, 0.1) is 12.3 Å². The zero-order chi connectivity index (χ0) is 21.6. The van der Waals surface area contributed by atoms with Crippen LogP contribution in [0.25, 0.3) is 22.0 Å². The molecule has 0 aliphatic carbocycles. The monoisotopic (exact) mass is 423 g/mol. The van der Waals surface area contributed by atoms with E-state index in [0.717, 1.165) is 47.3 Å². The molecule has 0 saturated carbocycles. The van der Waals surface area contributed by atoms with Crippen molar-refractivity contribution in [3.8, 4) is 17.0 Å². The standard InChI is InChI=1S/C25H28FN3O2.H2/c1-2-31-21-10-8-18(9-11-21)23-16-19-6-3-4-7-22(19)24(28-23)25(30)27-13-5-14-29-15-12-20(26)17-29;/h3-4,6-11,16,20H,2,5,12-15,17H2,1H3,(H,27,30);1H/t20-;/m0./s1. The molecule has 4 rings (SSSR count). The van der Waals surface area contributed by atoms with Crippen molar-refractivity contribution in [1.82, 2.24) is 15.2 Å². The topological polar surface area (TPSA) is 54.5 Å². The zero-order valence-corrected chi connectivity index (χ0v) is 17.8. The molecular weight excluding hydrogens is 393 g/mol. The van der Waals surface area contributed by atoms with Crippen LogP contribution in [-0.4, -0.2) is 54.7 Å². The van der Waals surface area contributed by atoms with Crippen LogP contribution < -0.4 is 10.1 Å². The highest BCUT2D eigenvalue weighted by atomic mass is 19.1. The number of hydrogen-bond acceptors (Lipinski definition) is 4. The zero-order valence-electron chi connectivity index (χ0n) is 17.8. The number of carbonyl (C=O) groups is 1. The minimum atomic E-state index is -0.713. The van der Waals surface area contributed by atoms with Crippen molar-refractivity contribution in [3.05, 3.63) is 60.3 Å². The second kappa shape index (κ2) is 9.88. The van der Waals surface area contributed by atoms with Crippen LogP contribution in [0.15, 0.2) is 54.6 Å². The summed E-state index contributed by atoms with van der Waals surface area (Å²) in [5.74, 6) is 0.621. The number of nitrogens with zero attached hydrogens (tertiary/aromatic N) is 2. The first-order valence-corrected chi connectivity index (χ1v) is 10.9. The van der Waals surface area contributed by atoms with E-state index in [9.17, 15) is 9.18 Å². The first-order valence-electron chi connectivity index (χ1n) is 10.9. The first-order chi connectivity index (χ1) is 15.1. The fraction of sp³-hybridized carbons (Fsp3) is 0.360. The average molecular weight is 424 g/mol. The Bertz CT molecular complexity index is 1050. The van der Waals surface area contributed by atoms with E-state index in [1.165, 1.54) is 0 Å². The van der Waals surface area contributed by atoms with Gasteiger partial charge in [0.15, 0.2) is 0 Å². The van der Waals surface area contributed by atoms with E-state index in [1.54, 1.807) is 0 Å². The highest BCUT2D eigenvalue weighted by molar-refractivity contribution is 6.06. The minimum absolute atomic E-state index is 0. The fourth-order valence-corrected chi connectivity index (χ4v) is 3.99. The lowest BCUT2D eigenvalue weighted by molar-refractivity contribution is 0.0949. The highest BCUT2D eigenvalue weighted by Gasteiger charge is 2.21. The number of aromatic nitrogens is 1. The van der Waals surface area contributed by atoms with Crippen LogP contribution in [0.4, 0.5) is 4.39 Å². The Morgan fingerprint density at radius 1 is 1.26 bits per heavy atom. The Labute approximate surface area is 183 Å². The number of fused-ring (bicyclic) bond motifs is 1. The van der Waals surface area contributed by atoms with Crippen LogP contribution in [0.3, 0.4) is 0 Å². The summed E-state index contributed by atoms with van der Waals surface area (Å²) in [6, 6.07) is 17.5. The van der Waals surface area contributed by atoms with E-state index in [2.05, 4.69) is 10.2 Å². The SMILES string of the molecule is CCOc1ccc(-c2cc3ccccc3c(C(=O)NCCCN3CC[C@H](F)C3)n2)cc1.[HH]. The van der Waals surface area contributed by atoms with Crippen molar-refractivity contribution in [2.45, 2.75) is 25.9 Å². The lowest BCUT2D eigenvalue weighted by atomic mass is 10.0. The second-order valence-electron chi connectivity index (χ2n) is 7.83. The molecule has 6 heteroatoms. The highest BCUT2D eigenvalue weighted by Crippen LogP contribution is 2.26. The predicted octanol–water partition coefficient (Wildman–Crippen LogP) is 4.71. The van der Waals surface area contributed by atoms with Gasteiger partial charge in [-0.1, -0.05) is 24.3 Å². The van der Waals surface area contributed by atoms with Gasteiger partial charge in [-0.25, -0.2) is 9.37 Å². The largest absolute Gasteiger partial charge is 0.494 e. The van der Waals surface area contributed by atoms with E-state index in [0.29, 0.717) is 31.8 Å². The van der Waals surface area contributed by atoms with E-state index in [-0.39, 0.29) is 7.33 Å². The number of pyridine rings is 1. The number of halogens is 1. The molecular formula is C25H30FN3O2. The van der Waals surface area contributed by atoms with Crippen molar-refractivity contribution in [3.63, 3.8) is 0 Å². The van der Waals surface area contributed by atoms with Crippen molar-refractivity contribution in [1.29, 1.82) is 0 Å². The molecule has 2 aromatic carbocycles. The summed E-state index contributed by atoms with van der Waals surface area (Å²) in [7, 11) is 0. The normalized spacial score (nSPS) is 16.5. The Kier molecular flexibility index (Phi) is 6.77. The minimum Gasteiger partial charge on any atom is -0.494 e. The van der Waals surface area contributed by atoms with Crippen LogP contribution in [-0.2, 0) is 0 Å². The maximum atomic E-state index is 13.3. The number of alkyl halides is 1. The van der Waals surface area contributed by atoms with Gasteiger partial charge in [-0.2, -0.15) is 0 Å². The van der Waals surface area contributed by atoms with E-state index < -0.39 is 6.17 Å². The van der Waals surface area contributed by atoms with Gasteiger partial charge in [-0.05, 0) is 62.0 Å². The van der Waals surface area contributed by atoms with Gasteiger partial charge < -0.3 is 15.0 Å². The molecule has 1 aliphatic rings. The molecule has 1 amide bonds. The summed E-state index contributed by atoms with van der Waals surface area (Å²) in [5, 5.41) is 4.79. The number of likely N-dealkylation sites (tertiary alicyclic amines) is 1. The van der Waals surface area contributed by atoms with E-state index >= 15 is 0 Å². The van der Waals surface area contributed by atoms with Crippen molar-refractivity contribution >= 4 is 16.7 Å². The molecule has 1 atom stereocenters. The van der Waals surface area contributed by atoms with Crippen LogP contribution in [0.2, 0.25) is 0 Å². The molecule has 0 spiro atoms. The molecule has 1 saturated heterocycles. The maximum Gasteiger partial charge on any atom is 0.270 e.